The molecule has 98 valence electrons. The van der Waals surface area contributed by atoms with E-state index in [1.54, 1.807) is 0 Å². The fourth-order valence-corrected chi connectivity index (χ4v) is 3.71. The van der Waals surface area contributed by atoms with E-state index in [2.05, 4.69) is 20.9 Å². The SMILES string of the molecule is Cc1cc(N2CCC3CCCCC3C2)nc(Cl)n1. The van der Waals surface area contributed by atoms with Crippen LogP contribution in [0.1, 0.15) is 37.8 Å². The molecule has 2 heterocycles. The Kier molecular flexibility index (Phi) is 3.42. The van der Waals surface area contributed by atoms with Crippen molar-refractivity contribution in [2.45, 2.75) is 39.0 Å². The molecule has 1 saturated heterocycles. The highest BCUT2D eigenvalue weighted by molar-refractivity contribution is 6.28. The largest absolute Gasteiger partial charge is 0.356 e. The van der Waals surface area contributed by atoms with Crippen LogP contribution in [-0.2, 0) is 0 Å². The molecule has 3 rings (SSSR count). The smallest absolute Gasteiger partial charge is 0.224 e. The standard InChI is InChI=1S/C14H20ClN3/c1-10-8-13(17-14(15)16-10)18-7-6-11-4-2-3-5-12(11)9-18/h8,11-12H,2-7,9H2,1H3. The minimum Gasteiger partial charge on any atom is -0.356 e. The highest BCUT2D eigenvalue weighted by Crippen LogP contribution is 2.37. The molecule has 1 aliphatic carbocycles. The number of anilines is 1. The zero-order chi connectivity index (χ0) is 12.5. The Morgan fingerprint density at radius 2 is 1.94 bits per heavy atom. The van der Waals surface area contributed by atoms with E-state index in [1.165, 1.54) is 32.1 Å². The van der Waals surface area contributed by atoms with Crippen LogP contribution in [0.3, 0.4) is 0 Å². The third kappa shape index (κ3) is 2.46. The summed E-state index contributed by atoms with van der Waals surface area (Å²) in [7, 11) is 0. The maximum Gasteiger partial charge on any atom is 0.224 e. The van der Waals surface area contributed by atoms with Crippen molar-refractivity contribution in [2.24, 2.45) is 11.8 Å². The number of nitrogens with zero attached hydrogens (tertiary/aromatic N) is 3. The Labute approximate surface area is 114 Å². The van der Waals surface area contributed by atoms with E-state index in [1.807, 2.05) is 6.92 Å². The molecule has 0 amide bonds. The summed E-state index contributed by atoms with van der Waals surface area (Å²) in [5.41, 5.74) is 0.954. The van der Waals surface area contributed by atoms with Gasteiger partial charge in [-0.15, -0.1) is 0 Å². The van der Waals surface area contributed by atoms with Gasteiger partial charge in [-0.25, -0.2) is 9.97 Å². The van der Waals surface area contributed by atoms with Crippen molar-refractivity contribution in [3.05, 3.63) is 17.0 Å². The number of aryl methyl sites for hydroxylation is 1. The second-order valence-corrected chi connectivity index (χ2v) is 6.01. The van der Waals surface area contributed by atoms with Gasteiger partial charge in [-0.2, -0.15) is 0 Å². The number of hydrogen-bond acceptors (Lipinski definition) is 3. The van der Waals surface area contributed by atoms with Gasteiger partial charge in [0.1, 0.15) is 5.82 Å². The Balaban J connectivity index is 1.76. The first-order valence-electron chi connectivity index (χ1n) is 6.98. The fraction of sp³-hybridized carbons (Fsp3) is 0.714. The molecule has 1 aromatic rings. The number of hydrogen-bond donors (Lipinski definition) is 0. The molecule has 0 radical (unpaired) electrons. The molecule has 3 nitrogen and oxygen atoms in total. The van der Waals surface area contributed by atoms with Crippen molar-refractivity contribution in [1.82, 2.24) is 9.97 Å². The maximum atomic E-state index is 5.96. The lowest BCUT2D eigenvalue weighted by Crippen LogP contribution is -2.42. The summed E-state index contributed by atoms with van der Waals surface area (Å²) in [4.78, 5) is 10.9. The highest BCUT2D eigenvalue weighted by Gasteiger charge is 2.31. The van der Waals surface area contributed by atoms with E-state index in [-0.39, 0.29) is 0 Å². The highest BCUT2D eigenvalue weighted by atomic mass is 35.5. The van der Waals surface area contributed by atoms with E-state index in [9.17, 15) is 0 Å². The van der Waals surface area contributed by atoms with E-state index in [0.717, 1.165) is 36.4 Å². The van der Waals surface area contributed by atoms with Crippen LogP contribution in [0.15, 0.2) is 6.07 Å². The van der Waals surface area contributed by atoms with Gasteiger partial charge in [-0.3, -0.25) is 0 Å². The molecule has 2 fully saturated rings. The molecule has 2 aliphatic rings. The lowest BCUT2D eigenvalue weighted by molar-refractivity contribution is 0.202. The molecule has 1 saturated carbocycles. The number of rotatable bonds is 1. The Bertz CT molecular complexity index is 415. The van der Waals surface area contributed by atoms with Gasteiger partial charge in [0.15, 0.2) is 0 Å². The third-order valence-electron chi connectivity index (χ3n) is 4.43. The van der Waals surface area contributed by atoms with Crippen LogP contribution in [0.5, 0.6) is 0 Å². The number of piperidine rings is 1. The average molecular weight is 266 g/mol. The van der Waals surface area contributed by atoms with Crippen LogP contribution >= 0.6 is 11.6 Å². The van der Waals surface area contributed by atoms with Gasteiger partial charge in [-0.05, 0) is 43.2 Å². The summed E-state index contributed by atoms with van der Waals surface area (Å²) >= 11 is 5.96. The van der Waals surface area contributed by atoms with Gasteiger partial charge in [0.05, 0.1) is 0 Å². The first-order valence-corrected chi connectivity index (χ1v) is 7.36. The van der Waals surface area contributed by atoms with Crippen LogP contribution < -0.4 is 4.90 Å². The van der Waals surface area contributed by atoms with E-state index < -0.39 is 0 Å². The van der Waals surface area contributed by atoms with E-state index >= 15 is 0 Å². The van der Waals surface area contributed by atoms with Crippen molar-refractivity contribution in [3.63, 3.8) is 0 Å². The van der Waals surface area contributed by atoms with Crippen molar-refractivity contribution in [3.8, 4) is 0 Å². The monoisotopic (exact) mass is 265 g/mol. The summed E-state index contributed by atoms with van der Waals surface area (Å²) in [6, 6.07) is 2.05. The molecule has 0 aromatic carbocycles. The molecule has 1 aliphatic heterocycles. The average Bonchev–Trinajstić information content (AvgIpc) is 2.37. The minimum atomic E-state index is 0.371. The zero-order valence-corrected chi connectivity index (χ0v) is 11.7. The van der Waals surface area contributed by atoms with Crippen LogP contribution in [-0.4, -0.2) is 23.1 Å². The van der Waals surface area contributed by atoms with Gasteiger partial charge < -0.3 is 4.90 Å². The number of halogens is 1. The molecule has 0 bridgehead atoms. The normalized spacial score (nSPS) is 28.0. The Morgan fingerprint density at radius 3 is 2.72 bits per heavy atom. The summed E-state index contributed by atoms with van der Waals surface area (Å²) in [6.07, 6.45) is 6.96. The summed E-state index contributed by atoms with van der Waals surface area (Å²) in [5.74, 6) is 2.83. The van der Waals surface area contributed by atoms with Gasteiger partial charge in [-0.1, -0.05) is 19.3 Å². The van der Waals surface area contributed by atoms with Gasteiger partial charge in [0.25, 0.3) is 0 Å². The third-order valence-corrected chi connectivity index (χ3v) is 4.60. The molecule has 0 N–H and O–H groups in total. The number of fused-ring (bicyclic) bond motifs is 1. The molecule has 4 heteroatoms. The molecule has 0 spiro atoms. The molecular formula is C14H20ClN3. The van der Waals surface area contributed by atoms with Gasteiger partial charge >= 0.3 is 0 Å². The first kappa shape index (κ1) is 12.2. The van der Waals surface area contributed by atoms with Crippen molar-refractivity contribution < 1.29 is 0 Å². The second kappa shape index (κ2) is 5.04. The van der Waals surface area contributed by atoms with Gasteiger partial charge in [0.2, 0.25) is 5.28 Å². The second-order valence-electron chi connectivity index (χ2n) is 5.68. The van der Waals surface area contributed by atoms with E-state index in [0.29, 0.717) is 5.28 Å². The Morgan fingerprint density at radius 1 is 1.17 bits per heavy atom. The quantitative estimate of drug-likeness (QED) is 0.729. The first-order chi connectivity index (χ1) is 8.72. The van der Waals surface area contributed by atoms with Crippen LogP contribution in [0.4, 0.5) is 5.82 Å². The molecule has 2 atom stereocenters. The van der Waals surface area contributed by atoms with Gasteiger partial charge in [0, 0.05) is 24.8 Å². The Hall–Kier alpha value is -0.830. The van der Waals surface area contributed by atoms with Crippen LogP contribution in [0.2, 0.25) is 5.28 Å². The van der Waals surface area contributed by atoms with E-state index in [4.69, 9.17) is 11.6 Å². The topological polar surface area (TPSA) is 29.0 Å². The lowest BCUT2D eigenvalue weighted by atomic mass is 9.75. The maximum absolute atomic E-state index is 5.96. The molecule has 18 heavy (non-hydrogen) atoms. The predicted octanol–water partition coefficient (Wildman–Crippen LogP) is 3.45. The predicted molar refractivity (Wildman–Crippen MR) is 74.1 cm³/mol. The van der Waals surface area contributed by atoms with Crippen molar-refractivity contribution in [2.75, 3.05) is 18.0 Å². The number of aromatic nitrogens is 2. The molecule has 2 unspecified atom stereocenters. The zero-order valence-electron chi connectivity index (χ0n) is 10.9. The van der Waals surface area contributed by atoms with Crippen LogP contribution in [0.25, 0.3) is 0 Å². The molecule has 1 aromatic heterocycles. The molecular weight excluding hydrogens is 246 g/mol. The fourth-order valence-electron chi connectivity index (χ4n) is 3.49. The minimum absolute atomic E-state index is 0.371. The lowest BCUT2D eigenvalue weighted by Gasteiger charge is -2.41. The van der Waals surface area contributed by atoms with Crippen molar-refractivity contribution in [1.29, 1.82) is 0 Å². The van der Waals surface area contributed by atoms with Crippen molar-refractivity contribution >= 4 is 17.4 Å². The van der Waals surface area contributed by atoms with Crippen LogP contribution in [0, 0.1) is 18.8 Å². The summed E-state index contributed by atoms with van der Waals surface area (Å²) in [5, 5.41) is 0.371. The summed E-state index contributed by atoms with van der Waals surface area (Å²) < 4.78 is 0. The summed E-state index contributed by atoms with van der Waals surface area (Å²) in [6.45, 7) is 4.25.